The Labute approximate surface area is 101 Å². The first-order valence-corrected chi connectivity index (χ1v) is 5.56. The molecule has 17 heavy (non-hydrogen) atoms. The van der Waals surface area contributed by atoms with Crippen LogP contribution in [-0.4, -0.2) is 30.4 Å². The summed E-state index contributed by atoms with van der Waals surface area (Å²) in [6.07, 6.45) is 0.108. The van der Waals surface area contributed by atoms with Gasteiger partial charge in [0.25, 0.3) is 0 Å². The van der Waals surface area contributed by atoms with Crippen molar-refractivity contribution in [1.82, 2.24) is 0 Å². The van der Waals surface area contributed by atoms with E-state index < -0.39 is 0 Å². The van der Waals surface area contributed by atoms with Crippen LogP contribution < -0.4 is 4.74 Å². The third-order valence-corrected chi connectivity index (χ3v) is 2.29. The predicted octanol–water partition coefficient (Wildman–Crippen LogP) is 2.01. The van der Waals surface area contributed by atoms with Crippen molar-refractivity contribution in [3.8, 4) is 5.75 Å². The molecule has 0 fully saturated rings. The summed E-state index contributed by atoms with van der Waals surface area (Å²) in [6, 6.07) is 6.72. The summed E-state index contributed by atoms with van der Waals surface area (Å²) < 4.78 is 10.2. The van der Waals surface area contributed by atoms with Crippen LogP contribution in [-0.2, 0) is 4.74 Å². The summed E-state index contributed by atoms with van der Waals surface area (Å²) in [6.45, 7) is 3.61. The van der Waals surface area contributed by atoms with Gasteiger partial charge in [0.05, 0.1) is 24.9 Å². The summed E-state index contributed by atoms with van der Waals surface area (Å²) in [5, 5.41) is 9.21. The van der Waals surface area contributed by atoms with Crippen molar-refractivity contribution in [3.05, 3.63) is 29.8 Å². The molecule has 0 spiro atoms. The van der Waals surface area contributed by atoms with Crippen LogP contribution in [0.15, 0.2) is 24.3 Å². The van der Waals surface area contributed by atoms with E-state index in [0.29, 0.717) is 17.7 Å². The molecule has 1 rings (SSSR count). The molecular formula is C13H18O4. The van der Waals surface area contributed by atoms with E-state index in [2.05, 4.69) is 4.74 Å². The van der Waals surface area contributed by atoms with E-state index in [4.69, 9.17) is 4.74 Å². The van der Waals surface area contributed by atoms with Gasteiger partial charge in [-0.25, -0.2) is 4.79 Å². The number of aliphatic hydroxyl groups is 1. The van der Waals surface area contributed by atoms with Crippen LogP contribution in [0.5, 0.6) is 5.75 Å². The molecule has 0 aliphatic heterocycles. The van der Waals surface area contributed by atoms with Crippen LogP contribution in [0.25, 0.3) is 0 Å². The van der Waals surface area contributed by atoms with Crippen LogP contribution in [0.1, 0.15) is 30.6 Å². The third kappa shape index (κ3) is 4.44. The Morgan fingerprint density at radius 3 is 2.35 bits per heavy atom. The molecule has 1 N–H and O–H groups in total. The Balaban J connectivity index is 2.59. The van der Waals surface area contributed by atoms with Gasteiger partial charge in [0.2, 0.25) is 0 Å². The van der Waals surface area contributed by atoms with Crippen molar-refractivity contribution < 1.29 is 19.4 Å². The monoisotopic (exact) mass is 238 g/mol. The quantitative estimate of drug-likeness (QED) is 0.797. The second-order valence-electron chi connectivity index (χ2n) is 4.03. The van der Waals surface area contributed by atoms with Crippen LogP contribution in [0, 0.1) is 0 Å². The minimum Gasteiger partial charge on any atom is -0.491 e. The van der Waals surface area contributed by atoms with Gasteiger partial charge in [0, 0.05) is 6.42 Å². The summed E-state index contributed by atoms with van der Waals surface area (Å²) in [7, 11) is 1.34. The normalized spacial score (nSPS) is 13.9. The first kappa shape index (κ1) is 13.5. The smallest absolute Gasteiger partial charge is 0.337 e. The highest BCUT2D eigenvalue weighted by Crippen LogP contribution is 2.16. The van der Waals surface area contributed by atoms with E-state index in [1.54, 1.807) is 31.2 Å². The second-order valence-corrected chi connectivity index (χ2v) is 4.03. The largest absolute Gasteiger partial charge is 0.491 e. The summed E-state index contributed by atoms with van der Waals surface area (Å²) in [5.41, 5.74) is 0.489. The minimum absolute atomic E-state index is 0.0704. The Morgan fingerprint density at radius 1 is 1.29 bits per heavy atom. The number of methoxy groups -OCH3 is 1. The molecule has 0 radical (unpaired) electrons. The van der Waals surface area contributed by atoms with Crippen LogP contribution >= 0.6 is 0 Å². The zero-order chi connectivity index (χ0) is 12.8. The van der Waals surface area contributed by atoms with Gasteiger partial charge < -0.3 is 14.6 Å². The van der Waals surface area contributed by atoms with E-state index in [1.807, 2.05) is 6.92 Å². The number of carbonyl (C=O) groups is 1. The van der Waals surface area contributed by atoms with Gasteiger partial charge in [0.1, 0.15) is 5.75 Å². The average molecular weight is 238 g/mol. The van der Waals surface area contributed by atoms with Crippen LogP contribution in [0.3, 0.4) is 0 Å². The Bertz CT molecular complexity index is 356. The lowest BCUT2D eigenvalue weighted by Crippen LogP contribution is -2.18. The molecule has 4 nitrogen and oxygen atoms in total. The zero-order valence-electron chi connectivity index (χ0n) is 10.3. The third-order valence-electron chi connectivity index (χ3n) is 2.29. The maximum absolute atomic E-state index is 11.2. The maximum Gasteiger partial charge on any atom is 0.337 e. The lowest BCUT2D eigenvalue weighted by Gasteiger charge is -2.16. The number of aliphatic hydroxyl groups excluding tert-OH is 1. The molecule has 0 bridgehead atoms. The lowest BCUT2D eigenvalue weighted by atomic mass is 10.2. The maximum atomic E-state index is 11.2. The van der Waals surface area contributed by atoms with Gasteiger partial charge in [-0.3, -0.25) is 0 Å². The SMILES string of the molecule is COC(=O)c1ccc(O[C@H](C)C[C@H](C)O)cc1. The highest BCUT2D eigenvalue weighted by Gasteiger charge is 2.09. The van der Waals surface area contributed by atoms with Gasteiger partial charge in [-0.05, 0) is 38.1 Å². The van der Waals surface area contributed by atoms with Crippen molar-refractivity contribution >= 4 is 5.97 Å². The Kier molecular flexibility index (Phi) is 4.97. The molecule has 2 atom stereocenters. The number of rotatable bonds is 5. The predicted molar refractivity (Wildman–Crippen MR) is 64.2 cm³/mol. The van der Waals surface area contributed by atoms with Crippen molar-refractivity contribution in [2.45, 2.75) is 32.5 Å². The van der Waals surface area contributed by atoms with Gasteiger partial charge >= 0.3 is 5.97 Å². The van der Waals surface area contributed by atoms with Crippen molar-refractivity contribution in [3.63, 3.8) is 0 Å². The zero-order valence-corrected chi connectivity index (χ0v) is 10.3. The van der Waals surface area contributed by atoms with Crippen molar-refractivity contribution in [1.29, 1.82) is 0 Å². The van der Waals surface area contributed by atoms with Gasteiger partial charge in [0.15, 0.2) is 0 Å². The first-order valence-electron chi connectivity index (χ1n) is 5.56. The summed E-state index contributed by atoms with van der Waals surface area (Å²) in [5.74, 6) is 0.305. The highest BCUT2D eigenvalue weighted by molar-refractivity contribution is 5.89. The van der Waals surface area contributed by atoms with Gasteiger partial charge in [-0.1, -0.05) is 0 Å². The molecule has 0 aliphatic rings. The fourth-order valence-corrected chi connectivity index (χ4v) is 1.55. The molecule has 0 aliphatic carbocycles. The molecule has 0 saturated carbocycles. The number of hydrogen-bond donors (Lipinski definition) is 1. The van der Waals surface area contributed by atoms with Crippen molar-refractivity contribution in [2.75, 3.05) is 7.11 Å². The number of carbonyl (C=O) groups excluding carboxylic acids is 1. The van der Waals surface area contributed by atoms with E-state index >= 15 is 0 Å². The van der Waals surface area contributed by atoms with E-state index in [-0.39, 0.29) is 18.2 Å². The number of benzene rings is 1. The lowest BCUT2D eigenvalue weighted by molar-refractivity contribution is 0.0600. The fraction of sp³-hybridized carbons (Fsp3) is 0.462. The van der Waals surface area contributed by atoms with E-state index in [9.17, 15) is 9.90 Å². The fourth-order valence-electron chi connectivity index (χ4n) is 1.55. The van der Waals surface area contributed by atoms with Crippen LogP contribution in [0.2, 0.25) is 0 Å². The second kappa shape index (κ2) is 6.25. The topological polar surface area (TPSA) is 55.8 Å². The molecule has 0 unspecified atom stereocenters. The molecule has 94 valence electrons. The molecule has 1 aromatic rings. The van der Waals surface area contributed by atoms with E-state index in [0.717, 1.165) is 0 Å². The highest BCUT2D eigenvalue weighted by atomic mass is 16.5. The molecule has 0 aromatic heterocycles. The van der Waals surface area contributed by atoms with E-state index in [1.165, 1.54) is 7.11 Å². The van der Waals surface area contributed by atoms with Crippen LogP contribution in [0.4, 0.5) is 0 Å². The molecular weight excluding hydrogens is 220 g/mol. The average Bonchev–Trinajstić information content (AvgIpc) is 2.28. The number of hydrogen-bond acceptors (Lipinski definition) is 4. The first-order chi connectivity index (χ1) is 8.02. The van der Waals surface area contributed by atoms with Crippen molar-refractivity contribution in [2.24, 2.45) is 0 Å². The standard InChI is InChI=1S/C13H18O4/c1-9(14)8-10(2)17-12-6-4-11(5-7-12)13(15)16-3/h4-7,9-10,14H,8H2,1-3H3/t9-,10+/m0/s1. The molecule has 0 amide bonds. The molecule has 0 saturated heterocycles. The van der Waals surface area contributed by atoms with Gasteiger partial charge in [-0.15, -0.1) is 0 Å². The Hall–Kier alpha value is -1.55. The number of esters is 1. The molecule has 4 heteroatoms. The molecule has 1 aromatic carbocycles. The Morgan fingerprint density at radius 2 is 1.88 bits per heavy atom. The summed E-state index contributed by atoms with van der Waals surface area (Å²) in [4.78, 5) is 11.2. The number of ether oxygens (including phenoxy) is 2. The van der Waals surface area contributed by atoms with Gasteiger partial charge in [-0.2, -0.15) is 0 Å². The molecule has 0 heterocycles. The minimum atomic E-state index is -0.389. The summed E-state index contributed by atoms with van der Waals surface area (Å²) >= 11 is 0.